The van der Waals surface area contributed by atoms with Crippen LogP contribution in [0.25, 0.3) is 0 Å². The molecule has 0 aliphatic carbocycles. The molecule has 0 nitrogen and oxygen atoms in total. The van der Waals surface area contributed by atoms with Gasteiger partial charge in [0, 0.05) is 0 Å². The van der Waals surface area contributed by atoms with E-state index in [-0.39, 0.29) is 35.5 Å². The fourth-order valence-electron chi connectivity index (χ4n) is 0.769. The molecule has 1 aromatic carbocycles. The van der Waals surface area contributed by atoms with E-state index in [2.05, 4.69) is 19.9 Å². The minimum absolute atomic E-state index is 0. The first-order chi connectivity index (χ1) is 5.91. The Labute approximate surface area is 111 Å². The average molecular weight is 223 g/mol. The van der Waals surface area contributed by atoms with Crippen LogP contribution in [0.5, 0.6) is 0 Å². The van der Waals surface area contributed by atoms with Gasteiger partial charge in [-0.2, -0.15) is 42.8 Å². The molecule has 2 heteroatoms. The summed E-state index contributed by atoms with van der Waals surface area (Å²) in [5.74, 6) is 0. The molecule has 0 bridgehead atoms. The first-order valence-electron chi connectivity index (χ1n) is 4.62. The molecule has 0 unspecified atom stereocenters. The van der Waals surface area contributed by atoms with Crippen LogP contribution in [-0.4, -0.2) is 23.1 Å². The van der Waals surface area contributed by atoms with Crippen LogP contribution < -0.4 is 0 Å². The molecule has 0 fully saturated rings. The van der Waals surface area contributed by atoms with Gasteiger partial charge in [0.15, 0.2) is 0 Å². The van der Waals surface area contributed by atoms with Crippen molar-refractivity contribution in [1.29, 1.82) is 0 Å². The van der Waals surface area contributed by atoms with Crippen molar-refractivity contribution in [2.24, 2.45) is 0 Å². The van der Waals surface area contributed by atoms with Crippen LogP contribution in [-0.2, 0) is 0 Å². The van der Waals surface area contributed by atoms with Gasteiger partial charge in [0.05, 0.1) is 0 Å². The van der Waals surface area contributed by atoms with Crippen LogP contribution >= 0.6 is 12.4 Å². The number of hydrogen-bond donors (Lipinski definition) is 0. The minimum atomic E-state index is 0. The number of rotatable bonds is 3. The minimum Gasteiger partial charge on any atom is -0.343 e. The summed E-state index contributed by atoms with van der Waals surface area (Å²) in [7, 11) is 0. The smallest absolute Gasteiger partial charge is 0.343 e. The van der Waals surface area contributed by atoms with Crippen molar-refractivity contribution in [1.82, 2.24) is 0 Å². The van der Waals surface area contributed by atoms with Gasteiger partial charge in [-0.15, -0.1) is 12.4 Å². The molecule has 0 heterocycles. The second-order valence-corrected chi connectivity index (χ2v) is 2.64. The first-order valence-corrected chi connectivity index (χ1v) is 4.62. The molecule has 0 aliphatic heterocycles. The summed E-state index contributed by atoms with van der Waals surface area (Å²) in [5, 5.41) is 0. The van der Waals surface area contributed by atoms with E-state index in [4.69, 9.17) is 0 Å². The molecule has 1 aromatic rings. The summed E-state index contributed by atoms with van der Waals surface area (Å²) in [5.41, 5.74) is 0. The fraction of sp³-hybridized carbons (Fsp3) is 0.417. The monoisotopic (exact) mass is 222 g/mol. The Morgan fingerprint density at radius 3 is 1.79 bits per heavy atom. The van der Waals surface area contributed by atoms with Gasteiger partial charge in [0.1, 0.15) is 0 Å². The summed E-state index contributed by atoms with van der Waals surface area (Å²) < 4.78 is 0. The maximum Gasteiger partial charge on any atom is 2.00 e. The van der Waals surface area contributed by atoms with Gasteiger partial charge >= 0.3 is 23.1 Å². The molecule has 0 radical (unpaired) electrons. The van der Waals surface area contributed by atoms with Gasteiger partial charge in [0.25, 0.3) is 0 Å². The second kappa shape index (κ2) is 18.9. The standard InChI is InChI=1S/C6H5.C6H13.ClH.Mg/c1-2-4-6-5-3-1;1-3-5-6-4-2;;/h1-5H;1,3-6H2,2H3;1H;/q2*-1;;+2. The van der Waals surface area contributed by atoms with Crippen molar-refractivity contribution in [3.63, 3.8) is 0 Å². The summed E-state index contributed by atoms with van der Waals surface area (Å²) in [4.78, 5) is 0. The number of hydrogen-bond acceptors (Lipinski definition) is 0. The van der Waals surface area contributed by atoms with E-state index in [1.807, 2.05) is 30.3 Å². The Morgan fingerprint density at radius 1 is 1.07 bits per heavy atom. The van der Waals surface area contributed by atoms with Crippen LogP contribution in [0.15, 0.2) is 30.3 Å². The summed E-state index contributed by atoms with van der Waals surface area (Å²) in [6.07, 6.45) is 5.07. The van der Waals surface area contributed by atoms with Gasteiger partial charge in [-0.05, 0) is 0 Å². The molecule has 0 aliphatic rings. The largest absolute Gasteiger partial charge is 2.00 e. The van der Waals surface area contributed by atoms with Gasteiger partial charge in [-0.25, -0.2) is 0 Å². The van der Waals surface area contributed by atoms with Crippen molar-refractivity contribution in [3.8, 4) is 0 Å². The van der Waals surface area contributed by atoms with E-state index in [0.29, 0.717) is 0 Å². The zero-order valence-electron chi connectivity index (χ0n) is 9.04. The molecule has 14 heavy (non-hydrogen) atoms. The maximum absolute atomic E-state index is 3.72. The van der Waals surface area contributed by atoms with Crippen molar-refractivity contribution in [2.45, 2.75) is 32.6 Å². The molecule has 76 valence electrons. The Hall–Kier alpha value is 0.276. The normalized spacial score (nSPS) is 7.29. The zero-order valence-corrected chi connectivity index (χ0v) is 11.3. The Kier molecular flexibility index (Phi) is 26.8. The maximum atomic E-state index is 3.72. The topological polar surface area (TPSA) is 0 Å². The predicted molar refractivity (Wildman–Crippen MR) is 67.8 cm³/mol. The number of halogens is 1. The zero-order chi connectivity index (χ0) is 9.07. The third kappa shape index (κ3) is 18.1. The Balaban J connectivity index is -0.000000151. The van der Waals surface area contributed by atoms with Crippen molar-refractivity contribution in [3.05, 3.63) is 43.3 Å². The second-order valence-electron chi connectivity index (χ2n) is 2.64. The van der Waals surface area contributed by atoms with Crippen LogP contribution in [0.1, 0.15) is 32.6 Å². The van der Waals surface area contributed by atoms with E-state index >= 15 is 0 Å². The third-order valence-corrected chi connectivity index (χ3v) is 1.46. The molecular formula is C12H19ClMg. The van der Waals surface area contributed by atoms with Gasteiger partial charge in [-0.3, -0.25) is 0 Å². The molecule has 0 atom stereocenters. The van der Waals surface area contributed by atoms with Crippen LogP contribution in [0.4, 0.5) is 0 Å². The Bertz CT molecular complexity index is 123. The third-order valence-electron chi connectivity index (χ3n) is 1.46. The summed E-state index contributed by atoms with van der Waals surface area (Å²) >= 11 is 0. The number of benzene rings is 1. The number of unbranched alkanes of at least 4 members (excludes halogenated alkanes) is 3. The molecule has 0 amide bonds. The van der Waals surface area contributed by atoms with E-state index in [0.717, 1.165) is 6.42 Å². The molecule has 1 rings (SSSR count). The van der Waals surface area contributed by atoms with Crippen molar-refractivity contribution in [2.75, 3.05) is 0 Å². The van der Waals surface area contributed by atoms with E-state index in [9.17, 15) is 0 Å². The molecule has 0 saturated carbocycles. The first kappa shape index (κ1) is 19.8. The summed E-state index contributed by atoms with van der Waals surface area (Å²) in [6, 6.07) is 12.5. The van der Waals surface area contributed by atoms with Gasteiger partial charge in [0.2, 0.25) is 0 Å². The predicted octanol–water partition coefficient (Wildman–Crippen LogP) is 3.93. The fourth-order valence-corrected chi connectivity index (χ4v) is 0.769. The average Bonchev–Trinajstić information content (AvgIpc) is 2.18. The van der Waals surface area contributed by atoms with Crippen LogP contribution in [0, 0.1) is 13.0 Å². The molecule has 0 saturated heterocycles. The molecule has 0 aromatic heterocycles. The van der Waals surface area contributed by atoms with Crippen molar-refractivity contribution >= 4 is 35.5 Å². The van der Waals surface area contributed by atoms with E-state index in [1.54, 1.807) is 0 Å². The van der Waals surface area contributed by atoms with E-state index < -0.39 is 0 Å². The van der Waals surface area contributed by atoms with E-state index in [1.165, 1.54) is 19.3 Å². The van der Waals surface area contributed by atoms with Crippen LogP contribution in [0.3, 0.4) is 0 Å². The Morgan fingerprint density at radius 2 is 1.64 bits per heavy atom. The van der Waals surface area contributed by atoms with Gasteiger partial charge < -0.3 is 6.92 Å². The summed E-state index contributed by atoms with van der Waals surface area (Å²) in [6.45, 7) is 5.93. The van der Waals surface area contributed by atoms with Gasteiger partial charge in [-0.1, -0.05) is 26.2 Å². The van der Waals surface area contributed by atoms with Crippen molar-refractivity contribution < 1.29 is 0 Å². The molecular weight excluding hydrogens is 204 g/mol. The van der Waals surface area contributed by atoms with Crippen LogP contribution in [0.2, 0.25) is 0 Å². The molecule has 0 spiro atoms. The molecule has 0 N–H and O–H groups in total. The SMILES string of the molecule is Cl.[CH2-]CCCCC.[Mg+2].[c-]1ccccc1. The quantitative estimate of drug-likeness (QED) is 0.413.